The van der Waals surface area contributed by atoms with Crippen molar-refractivity contribution in [2.45, 2.75) is 91.1 Å². The zero-order valence-corrected chi connectivity index (χ0v) is 29.1. The fourth-order valence-electron chi connectivity index (χ4n) is 3.99. The van der Waals surface area contributed by atoms with Crippen LogP contribution in [0.15, 0.2) is 30.3 Å². The number of halogens is 4. The number of rotatable bonds is 4. The molecule has 0 N–H and O–H groups in total. The highest BCUT2D eigenvalue weighted by Gasteiger charge is 2.09. The topological polar surface area (TPSA) is 0 Å². The van der Waals surface area contributed by atoms with E-state index in [0.29, 0.717) is 0 Å². The van der Waals surface area contributed by atoms with Gasteiger partial charge in [0.25, 0.3) is 0 Å². The van der Waals surface area contributed by atoms with E-state index in [4.69, 9.17) is 0 Å². The molecule has 0 heterocycles. The van der Waals surface area contributed by atoms with Crippen LogP contribution in [0, 0.1) is 62.3 Å². The van der Waals surface area contributed by atoms with Gasteiger partial charge in [-0.2, -0.15) is 0 Å². The molecule has 200 valence electrons. The van der Waals surface area contributed by atoms with Gasteiger partial charge in [-0.15, -0.1) is 0 Å². The summed E-state index contributed by atoms with van der Waals surface area (Å²) in [5.41, 5.74) is 18.2. The number of aryl methyl sites for hydroxylation is 5. The molecule has 0 saturated carbocycles. The lowest BCUT2D eigenvalue weighted by Crippen LogP contribution is -1.97. The summed E-state index contributed by atoms with van der Waals surface area (Å²) in [6.07, 6.45) is 0. The van der Waals surface area contributed by atoms with Crippen LogP contribution in [0.2, 0.25) is 0 Å². The fourth-order valence-corrected chi connectivity index (χ4v) is 6.85. The zero-order chi connectivity index (χ0) is 26.9. The molecule has 0 aliphatic rings. The van der Waals surface area contributed by atoms with Crippen LogP contribution in [0.25, 0.3) is 0 Å². The molecule has 3 aromatic carbocycles. The van der Waals surface area contributed by atoms with Crippen molar-refractivity contribution < 1.29 is 0 Å². The summed E-state index contributed by atoms with van der Waals surface area (Å²) in [4.78, 5) is 0. The van der Waals surface area contributed by atoms with E-state index in [2.05, 4.69) is 156 Å². The van der Waals surface area contributed by atoms with Crippen molar-refractivity contribution in [2.24, 2.45) is 0 Å². The summed E-state index contributed by atoms with van der Waals surface area (Å²) < 4.78 is 0. The number of hydrogen-bond acceptors (Lipinski definition) is 0. The maximum Gasteiger partial charge on any atom is 0.0288 e. The zero-order valence-electron chi connectivity index (χ0n) is 22.7. The Morgan fingerprint density at radius 3 is 1.39 bits per heavy atom. The quantitative estimate of drug-likeness (QED) is 0.233. The molecule has 0 amide bonds. The van der Waals surface area contributed by atoms with Gasteiger partial charge in [0.2, 0.25) is 0 Å². The van der Waals surface area contributed by atoms with Crippen molar-refractivity contribution >= 4 is 63.7 Å². The molecule has 3 aromatic rings. The first kappa shape index (κ1) is 35.6. The fraction of sp³-hybridized carbons (Fsp3) is 0.438. The van der Waals surface area contributed by atoms with Crippen LogP contribution < -0.4 is 0 Å². The SMILES string of the molecule is C.Cc1cc(CBr)c(C)c(C)c1CBr.Cc1cc(CBr)c(C)c(CBr)c1C.Cc1ccc(C)c(C)c1. The second-order valence-corrected chi connectivity index (χ2v) is 11.5. The summed E-state index contributed by atoms with van der Waals surface area (Å²) in [5, 5.41) is 3.80. The maximum atomic E-state index is 3.54. The lowest BCUT2D eigenvalue weighted by atomic mass is 9.95. The molecule has 0 aliphatic heterocycles. The molecule has 3 rings (SSSR count). The molecule has 0 fully saturated rings. The molecular formula is C32H44Br4. The van der Waals surface area contributed by atoms with Crippen LogP contribution >= 0.6 is 63.7 Å². The standard InChI is InChI=1S/2C11H14Br2.C9H12.CH4/c1-7-4-10(5-12)8(2)9(3)11(7)6-13;1-7-4-10(5-12)9(3)11(6-13)8(7)2;1-7-4-5-8(2)9(3)6-7;/h2*4H,5-6H2,1-3H3;4-6H,1-3H3;1H4. The lowest BCUT2D eigenvalue weighted by molar-refractivity contribution is 1.16. The molecule has 0 unspecified atom stereocenters. The van der Waals surface area contributed by atoms with Crippen molar-refractivity contribution in [2.75, 3.05) is 0 Å². The predicted molar refractivity (Wildman–Crippen MR) is 179 cm³/mol. The molecule has 36 heavy (non-hydrogen) atoms. The van der Waals surface area contributed by atoms with Gasteiger partial charge in [-0.05, 0) is 129 Å². The summed E-state index contributed by atoms with van der Waals surface area (Å²) in [5.74, 6) is 0. The van der Waals surface area contributed by atoms with Crippen LogP contribution in [0.3, 0.4) is 0 Å². The Hall–Kier alpha value is -0.420. The van der Waals surface area contributed by atoms with E-state index in [9.17, 15) is 0 Å². The minimum atomic E-state index is 0. The summed E-state index contributed by atoms with van der Waals surface area (Å²) >= 11 is 14.1. The van der Waals surface area contributed by atoms with Gasteiger partial charge in [-0.3, -0.25) is 0 Å². The Kier molecular flexibility index (Phi) is 17.0. The molecule has 0 aromatic heterocycles. The Balaban J connectivity index is 0.000000512. The predicted octanol–water partition coefficient (Wildman–Crippen LogP) is 12.1. The van der Waals surface area contributed by atoms with Gasteiger partial charge >= 0.3 is 0 Å². The van der Waals surface area contributed by atoms with Crippen LogP contribution in [-0.4, -0.2) is 0 Å². The molecule has 0 atom stereocenters. The highest BCUT2D eigenvalue weighted by atomic mass is 79.9. The number of alkyl halides is 4. The monoisotopic (exact) mass is 744 g/mol. The van der Waals surface area contributed by atoms with Gasteiger partial charge in [-0.25, -0.2) is 0 Å². The van der Waals surface area contributed by atoms with Crippen molar-refractivity contribution in [3.63, 3.8) is 0 Å². The van der Waals surface area contributed by atoms with Crippen molar-refractivity contribution in [3.05, 3.63) is 103 Å². The smallest absolute Gasteiger partial charge is 0.0288 e. The van der Waals surface area contributed by atoms with Crippen LogP contribution in [0.5, 0.6) is 0 Å². The highest BCUT2D eigenvalue weighted by Crippen LogP contribution is 2.26. The van der Waals surface area contributed by atoms with Crippen LogP contribution in [0.4, 0.5) is 0 Å². The van der Waals surface area contributed by atoms with Gasteiger partial charge in [0.05, 0.1) is 0 Å². The van der Waals surface area contributed by atoms with Crippen molar-refractivity contribution in [1.29, 1.82) is 0 Å². The van der Waals surface area contributed by atoms with E-state index in [1.165, 1.54) is 72.3 Å². The Morgan fingerprint density at radius 1 is 0.444 bits per heavy atom. The minimum absolute atomic E-state index is 0. The maximum absolute atomic E-state index is 3.54. The summed E-state index contributed by atoms with van der Waals surface area (Å²) in [6, 6.07) is 11.0. The van der Waals surface area contributed by atoms with Crippen molar-refractivity contribution in [1.82, 2.24) is 0 Å². The Bertz CT molecular complexity index is 1130. The highest BCUT2D eigenvalue weighted by molar-refractivity contribution is 9.09. The molecule has 0 spiro atoms. The number of benzene rings is 3. The normalized spacial score (nSPS) is 10.0. The second kappa shape index (κ2) is 17.2. The Labute approximate surface area is 255 Å². The third kappa shape index (κ3) is 9.71. The first-order valence-electron chi connectivity index (χ1n) is 11.9. The Morgan fingerprint density at radius 2 is 0.944 bits per heavy atom. The minimum Gasteiger partial charge on any atom is -0.0876 e. The van der Waals surface area contributed by atoms with Gasteiger partial charge in [0, 0.05) is 21.3 Å². The van der Waals surface area contributed by atoms with E-state index in [-0.39, 0.29) is 7.43 Å². The number of hydrogen-bond donors (Lipinski definition) is 0. The van der Waals surface area contributed by atoms with E-state index in [1.54, 1.807) is 0 Å². The first-order chi connectivity index (χ1) is 16.4. The van der Waals surface area contributed by atoms with Gasteiger partial charge < -0.3 is 0 Å². The average molecular weight is 748 g/mol. The summed E-state index contributed by atoms with van der Waals surface area (Å²) in [7, 11) is 0. The van der Waals surface area contributed by atoms with Crippen molar-refractivity contribution in [3.8, 4) is 0 Å². The van der Waals surface area contributed by atoms with E-state index < -0.39 is 0 Å². The van der Waals surface area contributed by atoms with Gasteiger partial charge in [0.15, 0.2) is 0 Å². The molecule has 0 radical (unpaired) electrons. The summed E-state index contributed by atoms with van der Waals surface area (Å²) in [6.45, 7) is 19.5. The van der Waals surface area contributed by atoms with Gasteiger partial charge in [-0.1, -0.05) is 107 Å². The third-order valence-electron chi connectivity index (χ3n) is 6.95. The molecule has 0 bridgehead atoms. The third-order valence-corrected chi connectivity index (χ3v) is 9.28. The van der Waals surface area contributed by atoms with E-state index in [1.807, 2.05) is 0 Å². The lowest BCUT2D eigenvalue weighted by Gasteiger charge is -2.13. The molecule has 0 saturated heterocycles. The van der Waals surface area contributed by atoms with Gasteiger partial charge in [0.1, 0.15) is 0 Å². The van der Waals surface area contributed by atoms with Crippen LogP contribution in [-0.2, 0) is 21.3 Å². The molecule has 4 heteroatoms. The second-order valence-electron chi connectivity index (χ2n) is 9.28. The molecular weight excluding hydrogens is 704 g/mol. The average Bonchev–Trinajstić information content (AvgIpc) is 2.83. The van der Waals surface area contributed by atoms with E-state index in [0.717, 1.165) is 21.3 Å². The first-order valence-corrected chi connectivity index (χ1v) is 16.4. The molecule has 0 aliphatic carbocycles. The largest absolute Gasteiger partial charge is 0.0876 e. The van der Waals surface area contributed by atoms with E-state index >= 15 is 0 Å². The molecule has 0 nitrogen and oxygen atoms in total. The van der Waals surface area contributed by atoms with Crippen LogP contribution in [0.1, 0.15) is 79.8 Å².